The third kappa shape index (κ3) is 5.51. The Morgan fingerprint density at radius 3 is 2.32 bits per heavy atom. The number of aliphatic hydroxyl groups is 1. The molecule has 0 radical (unpaired) electrons. The van der Waals surface area contributed by atoms with Gasteiger partial charge >= 0.3 is 0 Å². The van der Waals surface area contributed by atoms with Crippen LogP contribution in [-0.2, 0) is 14.2 Å². The fourth-order valence-electron chi connectivity index (χ4n) is 1.86. The highest BCUT2D eigenvalue weighted by molar-refractivity contribution is 4.94. The van der Waals surface area contributed by atoms with Gasteiger partial charge in [-0.3, -0.25) is 0 Å². The smallest absolute Gasteiger partial charge is 0.197 e. The molecule has 4 nitrogen and oxygen atoms in total. The fourth-order valence-corrected chi connectivity index (χ4v) is 1.86. The minimum Gasteiger partial charge on any atom is -0.487 e. The lowest BCUT2D eigenvalue weighted by Crippen LogP contribution is -2.54. The second kappa shape index (κ2) is 7.88. The average molecular weight is 274 g/mol. The van der Waals surface area contributed by atoms with Crippen LogP contribution in [0.3, 0.4) is 0 Å². The monoisotopic (exact) mass is 274 g/mol. The summed E-state index contributed by atoms with van der Waals surface area (Å²) in [6.07, 6.45) is -1.17. The zero-order valence-corrected chi connectivity index (χ0v) is 13.4. The van der Waals surface area contributed by atoms with E-state index in [-0.39, 0.29) is 5.92 Å². The average Bonchev–Trinajstić information content (AvgIpc) is 2.33. The summed E-state index contributed by atoms with van der Waals surface area (Å²) in [7, 11) is 1.55. The van der Waals surface area contributed by atoms with Gasteiger partial charge in [0.1, 0.15) is 0 Å². The van der Waals surface area contributed by atoms with Gasteiger partial charge in [0.2, 0.25) is 0 Å². The fraction of sp³-hybridized carbons (Fsp3) is 0.867. The van der Waals surface area contributed by atoms with Crippen molar-refractivity contribution in [3.8, 4) is 0 Å². The number of methoxy groups -OCH3 is 1. The van der Waals surface area contributed by atoms with E-state index in [2.05, 4.69) is 6.58 Å². The third-order valence-electron chi connectivity index (χ3n) is 2.95. The first kappa shape index (κ1) is 18.4. The maximum Gasteiger partial charge on any atom is 0.197 e. The Morgan fingerprint density at radius 1 is 1.37 bits per heavy atom. The molecule has 0 bridgehead atoms. The second-order valence-electron chi connectivity index (χ2n) is 5.46. The van der Waals surface area contributed by atoms with Gasteiger partial charge in [-0.05, 0) is 13.8 Å². The molecule has 0 spiro atoms. The number of rotatable bonds is 4. The minimum atomic E-state index is -0.612. The zero-order chi connectivity index (χ0) is 15.2. The van der Waals surface area contributed by atoms with Crippen molar-refractivity contribution in [2.45, 2.75) is 72.1 Å². The number of allylic oxidation sites excluding steroid dienone is 1. The van der Waals surface area contributed by atoms with E-state index in [4.69, 9.17) is 14.2 Å². The van der Waals surface area contributed by atoms with Crippen molar-refractivity contribution in [2.75, 3.05) is 7.11 Å². The second-order valence-corrected chi connectivity index (χ2v) is 5.46. The molecule has 0 aromatic rings. The molecule has 0 saturated carbocycles. The molecular formula is C15H30O4. The summed E-state index contributed by atoms with van der Waals surface area (Å²) in [6.45, 7) is 15.7. The van der Waals surface area contributed by atoms with E-state index < -0.39 is 24.1 Å². The topological polar surface area (TPSA) is 47.9 Å². The van der Waals surface area contributed by atoms with Crippen molar-refractivity contribution in [1.82, 2.24) is 0 Å². The Hall–Kier alpha value is -0.580. The summed E-state index contributed by atoms with van der Waals surface area (Å²) in [5.41, 5.74) is -0.404. The molecule has 4 heteroatoms. The van der Waals surface area contributed by atoms with Crippen LogP contribution >= 0.6 is 0 Å². The van der Waals surface area contributed by atoms with Gasteiger partial charge in [-0.1, -0.05) is 34.3 Å². The van der Waals surface area contributed by atoms with Gasteiger partial charge in [0.15, 0.2) is 12.4 Å². The highest BCUT2D eigenvalue weighted by Crippen LogP contribution is 2.32. The molecule has 0 amide bonds. The SMILES string of the molecule is C=C(OC1C(O)CC(C)(C)OC1OC)C(C)C.CC. The van der Waals surface area contributed by atoms with Crippen molar-refractivity contribution in [1.29, 1.82) is 0 Å². The van der Waals surface area contributed by atoms with Crippen LogP contribution in [0.2, 0.25) is 0 Å². The molecule has 1 aliphatic heterocycles. The summed E-state index contributed by atoms with van der Waals surface area (Å²) in [6, 6.07) is 0. The molecule has 0 aliphatic carbocycles. The van der Waals surface area contributed by atoms with Crippen LogP contribution in [0.1, 0.15) is 48.0 Å². The number of hydrogen-bond donors (Lipinski definition) is 1. The maximum absolute atomic E-state index is 10.1. The first-order valence-electron chi connectivity index (χ1n) is 7.01. The minimum absolute atomic E-state index is 0.203. The molecule has 3 unspecified atom stereocenters. The van der Waals surface area contributed by atoms with Crippen LogP contribution in [0, 0.1) is 5.92 Å². The van der Waals surface area contributed by atoms with E-state index in [1.807, 2.05) is 41.5 Å². The summed E-state index contributed by atoms with van der Waals surface area (Å²) in [5, 5.41) is 10.1. The largest absolute Gasteiger partial charge is 0.487 e. The normalized spacial score (nSPS) is 29.4. The van der Waals surface area contributed by atoms with Crippen molar-refractivity contribution < 1.29 is 19.3 Å². The lowest BCUT2D eigenvalue weighted by Gasteiger charge is -2.43. The highest BCUT2D eigenvalue weighted by atomic mass is 16.7. The Balaban J connectivity index is 0.00000154. The Bertz CT molecular complexity index is 273. The van der Waals surface area contributed by atoms with Crippen LogP contribution < -0.4 is 0 Å². The lowest BCUT2D eigenvalue weighted by molar-refractivity contribution is -0.287. The van der Waals surface area contributed by atoms with Gasteiger partial charge in [-0.2, -0.15) is 0 Å². The predicted octanol–water partition coefficient (Wildman–Crippen LogP) is 3.10. The number of ether oxygens (including phenoxy) is 3. The molecule has 114 valence electrons. The van der Waals surface area contributed by atoms with E-state index in [0.717, 1.165) is 0 Å². The third-order valence-corrected chi connectivity index (χ3v) is 2.95. The molecule has 0 aromatic heterocycles. The molecule has 1 fully saturated rings. The molecule has 1 rings (SSSR count). The summed E-state index contributed by atoms with van der Waals surface area (Å²) in [4.78, 5) is 0. The first-order valence-corrected chi connectivity index (χ1v) is 7.01. The van der Waals surface area contributed by atoms with Crippen molar-refractivity contribution in [3.63, 3.8) is 0 Å². The maximum atomic E-state index is 10.1. The molecule has 1 saturated heterocycles. The quantitative estimate of drug-likeness (QED) is 0.800. The number of hydrogen-bond acceptors (Lipinski definition) is 4. The van der Waals surface area contributed by atoms with E-state index in [1.54, 1.807) is 7.11 Å². The van der Waals surface area contributed by atoms with Gasteiger partial charge in [-0.15, -0.1) is 0 Å². The van der Waals surface area contributed by atoms with Crippen molar-refractivity contribution >= 4 is 0 Å². The molecule has 1 aliphatic rings. The van der Waals surface area contributed by atoms with E-state index in [1.165, 1.54) is 0 Å². The molecule has 1 N–H and O–H groups in total. The Morgan fingerprint density at radius 2 is 1.89 bits per heavy atom. The molecular weight excluding hydrogens is 244 g/mol. The van der Waals surface area contributed by atoms with Crippen LogP contribution in [0.15, 0.2) is 12.3 Å². The molecule has 3 atom stereocenters. The first-order chi connectivity index (χ1) is 8.76. The van der Waals surface area contributed by atoms with Crippen LogP contribution in [0.4, 0.5) is 0 Å². The van der Waals surface area contributed by atoms with Crippen LogP contribution in [0.25, 0.3) is 0 Å². The standard InChI is InChI=1S/C13H24O4.C2H6/c1-8(2)9(3)16-11-10(14)7-13(4,5)17-12(11)15-6;1-2/h8,10-12,14H,3,7H2,1-2,4-6H3;1-2H3. The Labute approximate surface area is 117 Å². The van der Waals surface area contributed by atoms with Gasteiger partial charge < -0.3 is 19.3 Å². The predicted molar refractivity (Wildman–Crippen MR) is 76.8 cm³/mol. The highest BCUT2D eigenvalue weighted by Gasteiger charge is 2.43. The molecule has 0 aromatic carbocycles. The summed E-state index contributed by atoms with van der Waals surface area (Å²) < 4.78 is 16.6. The van der Waals surface area contributed by atoms with Gasteiger partial charge in [0.05, 0.1) is 17.5 Å². The van der Waals surface area contributed by atoms with Gasteiger partial charge in [0, 0.05) is 19.4 Å². The zero-order valence-electron chi connectivity index (χ0n) is 13.4. The van der Waals surface area contributed by atoms with Crippen LogP contribution in [-0.4, -0.2) is 36.3 Å². The van der Waals surface area contributed by atoms with Crippen molar-refractivity contribution in [3.05, 3.63) is 12.3 Å². The van der Waals surface area contributed by atoms with Gasteiger partial charge in [0.25, 0.3) is 0 Å². The summed E-state index contributed by atoms with van der Waals surface area (Å²) in [5.74, 6) is 0.842. The molecule has 19 heavy (non-hydrogen) atoms. The van der Waals surface area contributed by atoms with E-state index in [0.29, 0.717) is 12.2 Å². The summed E-state index contributed by atoms with van der Waals surface area (Å²) >= 11 is 0. The van der Waals surface area contributed by atoms with E-state index >= 15 is 0 Å². The molecule has 1 heterocycles. The van der Waals surface area contributed by atoms with E-state index in [9.17, 15) is 5.11 Å². The van der Waals surface area contributed by atoms with Crippen molar-refractivity contribution in [2.24, 2.45) is 5.92 Å². The number of aliphatic hydroxyl groups excluding tert-OH is 1. The Kier molecular flexibility index (Phi) is 7.64. The lowest BCUT2D eigenvalue weighted by atomic mass is 9.93. The van der Waals surface area contributed by atoms with Crippen LogP contribution in [0.5, 0.6) is 0 Å². The van der Waals surface area contributed by atoms with Gasteiger partial charge in [-0.25, -0.2) is 0 Å².